The molecule has 0 atom stereocenters. The van der Waals surface area contributed by atoms with Crippen molar-refractivity contribution < 1.29 is 4.76 Å². The number of nitrogens with one attached hydrogen (secondary N) is 1. The number of para-hydroxylation sites is 2. The molecule has 0 amide bonds. The Morgan fingerprint density at radius 2 is 2.05 bits per heavy atom. The second kappa shape index (κ2) is 5.05. The summed E-state index contributed by atoms with van der Waals surface area (Å²) in [4.78, 5) is 23.0. The summed E-state index contributed by atoms with van der Waals surface area (Å²) in [6, 6.07) is 15.0. The van der Waals surface area contributed by atoms with Gasteiger partial charge >= 0.3 is 0 Å². The van der Waals surface area contributed by atoms with E-state index in [4.69, 9.17) is 0 Å². The molecule has 0 radical (unpaired) electrons. The van der Waals surface area contributed by atoms with E-state index < -0.39 is 0 Å². The number of aliphatic imine (C=N–C) groups is 1. The highest BCUT2D eigenvalue weighted by atomic mass is 16.3. The van der Waals surface area contributed by atoms with Gasteiger partial charge in [0.05, 0.1) is 11.0 Å². The summed E-state index contributed by atoms with van der Waals surface area (Å²) in [5.41, 5.74) is 3.28. The van der Waals surface area contributed by atoms with Gasteiger partial charge in [0.2, 0.25) is 5.95 Å². The van der Waals surface area contributed by atoms with Crippen molar-refractivity contribution in [1.82, 2.24) is 9.97 Å². The fourth-order valence-corrected chi connectivity index (χ4v) is 1.94. The van der Waals surface area contributed by atoms with Crippen molar-refractivity contribution in [2.45, 2.75) is 0 Å². The molecule has 98 valence electrons. The van der Waals surface area contributed by atoms with Crippen molar-refractivity contribution in [3.05, 3.63) is 59.0 Å². The van der Waals surface area contributed by atoms with E-state index in [1.807, 2.05) is 36.4 Å². The van der Waals surface area contributed by atoms with Gasteiger partial charge in [-0.05, 0) is 17.7 Å². The lowest BCUT2D eigenvalue weighted by Gasteiger charge is -1.91. The Kier molecular flexibility index (Phi) is 3.09. The van der Waals surface area contributed by atoms with Gasteiger partial charge in [0.15, 0.2) is 7.05 Å². The standard InChI is InChI=1S/C15H13N4O/c1-19(20)12-6-4-5-11(9-12)10-16-15-17-13-7-2-3-8-14(13)18-15/h2-10H,1H3,(H,17,18)/q+1. The molecule has 1 aromatic heterocycles. The van der Waals surface area contributed by atoms with Crippen molar-refractivity contribution in [3.8, 4) is 0 Å². The normalized spacial score (nSPS) is 11.2. The number of imidazole rings is 1. The molecule has 1 heterocycles. The minimum absolute atomic E-state index is 0.548. The third kappa shape index (κ3) is 2.47. The van der Waals surface area contributed by atoms with Crippen LogP contribution in [0.1, 0.15) is 5.56 Å². The van der Waals surface area contributed by atoms with Gasteiger partial charge in [-0.25, -0.2) is 9.98 Å². The lowest BCUT2D eigenvalue weighted by molar-refractivity contribution is -0.428. The topological polar surface area (TPSA) is 61.1 Å². The molecule has 2 aromatic carbocycles. The van der Waals surface area contributed by atoms with Gasteiger partial charge in [0, 0.05) is 28.0 Å². The van der Waals surface area contributed by atoms with Crippen LogP contribution in [0.25, 0.3) is 11.0 Å². The van der Waals surface area contributed by atoms with Crippen LogP contribution < -0.4 is 0 Å². The van der Waals surface area contributed by atoms with E-state index in [0.717, 1.165) is 21.4 Å². The first kappa shape index (κ1) is 12.2. The van der Waals surface area contributed by atoms with Gasteiger partial charge in [-0.1, -0.05) is 24.3 Å². The first-order valence-corrected chi connectivity index (χ1v) is 6.22. The molecule has 0 aliphatic carbocycles. The van der Waals surface area contributed by atoms with Crippen molar-refractivity contribution in [2.24, 2.45) is 4.99 Å². The number of fused-ring (bicyclic) bond motifs is 1. The molecule has 1 N–H and O–H groups in total. The first-order valence-electron chi connectivity index (χ1n) is 6.22. The van der Waals surface area contributed by atoms with E-state index in [2.05, 4.69) is 15.0 Å². The summed E-state index contributed by atoms with van der Waals surface area (Å²) in [5.74, 6) is 0.548. The molecule has 0 bridgehead atoms. The number of aromatic amines is 1. The van der Waals surface area contributed by atoms with E-state index in [0.29, 0.717) is 11.6 Å². The molecule has 5 nitrogen and oxygen atoms in total. The Bertz CT molecular complexity index is 771. The van der Waals surface area contributed by atoms with Crippen LogP contribution in [-0.2, 0) is 0 Å². The van der Waals surface area contributed by atoms with Crippen molar-refractivity contribution in [1.29, 1.82) is 0 Å². The monoisotopic (exact) mass is 265 g/mol. The second-order valence-electron chi connectivity index (χ2n) is 4.43. The maximum Gasteiger partial charge on any atom is 0.256 e. The molecule has 3 aromatic rings. The van der Waals surface area contributed by atoms with Crippen LogP contribution in [0.5, 0.6) is 0 Å². The summed E-state index contributed by atoms with van der Waals surface area (Å²) < 4.78 is 0.818. The number of hydrogen-bond donors (Lipinski definition) is 1. The molecular formula is C15H13N4O+. The number of nitrogens with zero attached hydrogens (tertiary/aromatic N) is 3. The van der Waals surface area contributed by atoms with E-state index in [-0.39, 0.29) is 0 Å². The molecule has 0 aliphatic rings. The first-order chi connectivity index (χ1) is 9.72. The fourth-order valence-electron chi connectivity index (χ4n) is 1.94. The van der Waals surface area contributed by atoms with E-state index in [1.54, 1.807) is 18.3 Å². The molecule has 5 heteroatoms. The predicted octanol–water partition coefficient (Wildman–Crippen LogP) is 3.35. The van der Waals surface area contributed by atoms with Crippen LogP contribution in [0.15, 0.2) is 53.5 Å². The number of nitroso groups, excluding NO2 is 1. The quantitative estimate of drug-likeness (QED) is 0.583. The van der Waals surface area contributed by atoms with E-state index in [9.17, 15) is 4.91 Å². The van der Waals surface area contributed by atoms with Crippen molar-refractivity contribution in [3.63, 3.8) is 0 Å². The summed E-state index contributed by atoms with van der Waals surface area (Å²) >= 11 is 0. The van der Waals surface area contributed by atoms with E-state index in [1.165, 1.54) is 7.05 Å². The second-order valence-corrected chi connectivity index (χ2v) is 4.43. The molecule has 0 saturated heterocycles. The number of benzene rings is 2. The minimum Gasteiger partial charge on any atom is -0.322 e. The van der Waals surface area contributed by atoms with E-state index >= 15 is 0 Å². The summed E-state index contributed by atoms with van der Waals surface area (Å²) in [6.45, 7) is 0. The van der Waals surface area contributed by atoms with Crippen molar-refractivity contribution in [2.75, 3.05) is 7.05 Å². The van der Waals surface area contributed by atoms with Gasteiger partial charge in [-0.15, -0.1) is 0 Å². The minimum atomic E-state index is 0.548. The van der Waals surface area contributed by atoms with Gasteiger partial charge in [0.1, 0.15) is 0 Å². The lowest BCUT2D eigenvalue weighted by atomic mass is 10.2. The van der Waals surface area contributed by atoms with Crippen LogP contribution in [-0.4, -0.2) is 28.0 Å². The number of aromatic nitrogens is 2. The molecule has 0 fully saturated rings. The highest BCUT2D eigenvalue weighted by molar-refractivity contribution is 5.83. The fraction of sp³-hybridized carbons (Fsp3) is 0.0667. The number of rotatable bonds is 3. The summed E-state index contributed by atoms with van der Waals surface area (Å²) in [5, 5.41) is 0. The van der Waals surface area contributed by atoms with Crippen LogP contribution in [0.2, 0.25) is 0 Å². The Morgan fingerprint density at radius 1 is 1.20 bits per heavy atom. The van der Waals surface area contributed by atoms with Gasteiger partial charge in [-0.2, -0.15) is 0 Å². The zero-order valence-electron chi connectivity index (χ0n) is 10.9. The Hall–Kier alpha value is -2.82. The molecule has 0 aliphatic heterocycles. The Morgan fingerprint density at radius 3 is 2.85 bits per heavy atom. The van der Waals surface area contributed by atoms with Crippen molar-refractivity contribution >= 4 is 28.9 Å². The molecule has 3 rings (SSSR count). The van der Waals surface area contributed by atoms with Gasteiger partial charge < -0.3 is 4.98 Å². The average Bonchev–Trinajstić information content (AvgIpc) is 2.88. The van der Waals surface area contributed by atoms with Crippen LogP contribution >= 0.6 is 0 Å². The lowest BCUT2D eigenvalue weighted by Crippen LogP contribution is -1.91. The zero-order chi connectivity index (χ0) is 13.9. The maximum absolute atomic E-state index is 11.2. The largest absolute Gasteiger partial charge is 0.322 e. The smallest absolute Gasteiger partial charge is 0.256 e. The molecule has 0 unspecified atom stereocenters. The number of hydrogen-bond acceptors (Lipinski definition) is 3. The average molecular weight is 265 g/mol. The zero-order valence-corrected chi connectivity index (χ0v) is 10.9. The third-order valence-corrected chi connectivity index (χ3v) is 2.95. The molecular weight excluding hydrogens is 252 g/mol. The Labute approximate surface area is 115 Å². The SMILES string of the molecule is C[N+](=O)c1cccc(C=Nc2nc3ccccc3[nH]2)c1. The maximum atomic E-state index is 11.2. The van der Waals surface area contributed by atoms with Gasteiger partial charge in [-0.3, -0.25) is 0 Å². The highest BCUT2D eigenvalue weighted by Gasteiger charge is 2.05. The molecule has 0 saturated carbocycles. The molecule has 0 spiro atoms. The third-order valence-electron chi connectivity index (χ3n) is 2.95. The van der Waals surface area contributed by atoms with Gasteiger partial charge in [0.25, 0.3) is 5.69 Å². The van der Waals surface area contributed by atoms with Crippen LogP contribution in [0.4, 0.5) is 11.6 Å². The van der Waals surface area contributed by atoms with Crippen LogP contribution in [0.3, 0.4) is 0 Å². The summed E-state index contributed by atoms with van der Waals surface area (Å²) in [6.07, 6.45) is 1.69. The predicted molar refractivity (Wildman–Crippen MR) is 79.0 cm³/mol. The molecule has 20 heavy (non-hydrogen) atoms. The number of H-pyrrole nitrogens is 1. The van der Waals surface area contributed by atoms with Crippen LogP contribution in [0, 0.1) is 4.91 Å². The summed E-state index contributed by atoms with van der Waals surface area (Å²) in [7, 11) is 1.47. The highest BCUT2D eigenvalue weighted by Crippen LogP contribution is 2.16. The Balaban J connectivity index is 1.89.